The second-order valence-electron chi connectivity index (χ2n) is 6.52. The van der Waals surface area contributed by atoms with E-state index in [1.807, 2.05) is 0 Å². The normalized spacial score (nSPS) is 12.3. The quantitative estimate of drug-likeness (QED) is 0.607. The SMILES string of the molecule is Cc1cc(C)c(CC=CCCNC(C)(C)C)c(C)c1. The van der Waals surface area contributed by atoms with E-state index in [4.69, 9.17) is 0 Å². The molecule has 1 heteroatoms. The van der Waals surface area contributed by atoms with E-state index in [9.17, 15) is 0 Å². The molecule has 0 aliphatic rings. The van der Waals surface area contributed by atoms with Gasteiger partial charge in [-0.15, -0.1) is 0 Å². The van der Waals surface area contributed by atoms with Crippen molar-refractivity contribution in [3.63, 3.8) is 0 Å². The zero-order chi connectivity index (χ0) is 14.5. The highest BCUT2D eigenvalue weighted by molar-refractivity contribution is 5.38. The summed E-state index contributed by atoms with van der Waals surface area (Å²) in [6, 6.07) is 4.55. The molecule has 0 bridgehead atoms. The Morgan fingerprint density at radius 3 is 2.11 bits per heavy atom. The average molecular weight is 259 g/mol. The Morgan fingerprint density at radius 1 is 1.00 bits per heavy atom. The van der Waals surface area contributed by atoms with Crippen LogP contribution in [-0.4, -0.2) is 12.1 Å². The van der Waals surface area contributed by atoms with Crippen LogP contribution in [0.1, 0.15) is 49.4 Å². The third-order valence-electron chi connectivity index (χ3n) is 3.30. The number of hydrogen-bond acceptors (Lipinski definition) is 1. The van der Waals surface area contributed by atoms with Crippen molar-refractivity contribution in [3.8, 4) is 0 Å². The van der Waals surface area contributed by atoms with Crippen molar-refractivity contribution in [2.75, 3.05) is 6.54 Å². The van der Waals surface area contributed by atoms with Gasteiger partial charge in [0, 0.05) is 5.54 Å². The lowest BCUT2D eigenvalue weighted by molar-refractivity contribution is 0.431. The van der Waals surface area contributed by atoms with Crippen LogP contribution in [0.25, 0.3) is 0 Å². The highest BCUT2D eigenvalue weighted by Gasteiger charge is 2.06. The lowest BCUT2D eigenvalue weighted by Gasteiger charge is -2.19. The molecule has 1 aromatic carbocycles. The Labute approximate surface area is 119 Å². The fraction of sp³-hybridized carbons (Fsp3) is 0.556. The number of allylic oxidation sites excluding steroid dienone is 1. The largest absolute Gasteiger partial charge is 0.312 e. The summed E-state index contributed by atoms with van der Waals surface area (Å²) in [4.78, 5) is 0. The molecular weight excluding hydrogens is 230 g/mol. The van der Waals surface area contributed by atoms with Crippen molar-refractivity contribution >= 4 is 0 Å². The maximum Gasteiger partial charge on any atom is 0.00966 e. The fourth-order valence-corrected chi connectivity index (χ4v) is 2.38. The number of benzene rings is 1. The van der Waals surface area contributed by atoms with Crippen molar-refractivity contribution in [1.82, 2.24) is 5.32 Å². The molecule has 0 aliphatic heterocycles. The van der Waals surface area contributed by atoms with Gasteiger partial charge in [0.05, 0.1) is 0 Å². The molecule has 1 N–H and O–H groups in total. The van der Waals surface area contributed by atoms with Gasteiger partial charge >= 0.3 is 0 Å². The van der Waals surface area contributed by atoms with E-state index in [0.29, 0.717) is 0 Å². The Hall–Kier alpha value is -1.08. The molecule has 0 radical (unpaired) electrons. The standard InChI is InChI=1S/C18H29N/c1-14-12-15(2)17(16(3)13-14)10-8-7-9-11-19-18(4,5)6/h7-8,12-13,19H,9-11H2,1-6H3. The molecular formula is C18H29N. The fourth-order valence-electron chi connectivity index (χ4n) is 2.38. The molecule has 0 unspecified atom stereocenters. The molecule has 0 spiro atoms. The first-order valence-corrected chi connectivity index (χ1v) is 7.26. The summed E-state index contributed by atoms with van der Waals surface area (Å²) in [6.45, 7) is 14.2. The van der Waals surface area contributed by atoms with E-state index in [0.717, 1.165) is 19.4 Å². The number of rotatable bonds is 5. The second kappa shape index (κ2) is 6.91. The molecule has 1 nitrogen and oxygen atoms in total. The molecule has 1 rings (SSSR count). The first-order chi connectivity index (χ1) is 8.79. The van der Waals surface area contributed by atoms with Gasteiger partial charge in [-0.25, -0.2) is 0 Å². The second-order valence-corrected chi connectivity index (χ2v) is 6.52. The molecule has 19 heavy (non-hydrogen) atoms. The minimum absolute atomic E-state index is 0.220. The van der Waals surface area contributed by atoms with E-state index in [-0.39, 0.29) is 5.54 Å². The maximum atomic E-state index is 3.50. The molecule has 0 saturated carbocycles. The maximum absolute atomic E-state index is 3.50. The van der Waals surface area contributed by atoms with Crippen LogP contribution in [0.2, 0.25) is 0 Å². The molecule has 0 aliphatic carbocycles. The molecule has 0 heterocycles. The summed E-state index contributed by atoms with van der Waals surface area (Å²) in [5.41, 5.74) is 5.88. The van der Waals surface area contributed by atoms with Crippen LogP contribution in [0.4, 0.5) is 0 Å². The average Bonchev–Trinajstić information content (AvgIpc) is 2.24. The van der Waals surface area contributed by atoms with Crippen molar-refractivity contribution in [3.05, 3.63) is 46.5 Å². The van der Waals surface area contributed by atoms with Crippen LogP contribution in [0, 0.1) is 20.8 Å². The van der Waals surface area contributed by atoms with Gasteiger partial charge in [-0.1, -0.05) is 29.8 Å². The monoisotopic (exact) mass is 259 g/mol. The van der Waals surface area contributed by atoms with Crippen molar-refractivity contribution < 1.29 is 0 Å². The zero-order valence-electron chi connectivity index (χ0n) is 13.4. The summed E-state index contributed by atoms with van der Waals surface area (Å²) in [7, 11) is 0. The van der Waals surface area contributed by atoms with E-state index < -0.39 is 0 Å². The van der Waals surface area contributed by atoms with Crippen molar-refractivity contribution in [2.45, 2.75) is 59.9 Å². The van der Waals surface area contributed by atoms with Gasteiger partial charge in [-0.3, -0.25) is 0 Å². The first-order valence-electron chi connectivity index (χ1n) is 7.26. The lowest BCUT2D eigenvalue weighted by Crippen LogP contribution is -2.36. The van der Waals surface area contributed by atoms with E-state index in [1.165, 1.54) is 22.3 Å². The zero-order valence-corrected chi connectivity index (χ0v) is 13.4. The Bertz CT molecular complexity index is 412. The van der Waals surface area contributed by atoms with Crippen LogP contribution < -0.4 is 5.32 Å². The van der Waals surface area contributed by atoms with Gasteiger partial charge in [0.15, 0.2) is 0 Å². The lowest BCUT2D eigenvalue weighted by atomic mass is 9.97. The Balaban J connectivity index is 2.45. The van der Waals surface area contributed by atoms with E-state index in [1.54, 1.807) is 0 Å². The van der Waals surface area contributed by atoms with Crippen LogP contribution >= 0.6 is 0 Å². The number of nitrogens with one attached hydrogen (secondary N) is 1. The number of hydrogen-bond donors (Lipinski definition) is 1. The molecule has 106 valence electrons. The molecule has 0 amide bonds. The highest BCUT2D eigenvalue weighted by atomic mass is 14.9. The van der Waals surface area contributed by atoms with Gasteiger partial charge in [-0.05, 0) is 77.6 Å². The predicted molar refractivity (Wildman–Crippen MR) is 85.9 cm³/mol. The molecule has 0 fully saturated rings. The van der Waals surface area contributed by atoms with Crippen LogP contribution in [0.15, 0.2) is 24.3 Å². The van der Waals surface area contributed by atoms with Gasteiger partial charge in [0.1, 0.15) is 0 Å². The molecule has 0 aromatic heterocycles. The number of aryl methyl sites for hydroxylation is 3. The van der Waals surface area contributed by atoms with E-state index in [2.05, 4.69) is 71.1 Å². The summed E-state index contributed by atoms with van der Waals surface area (Å²) < 4.78 is 0. The van der Waals surface area contributed by atoms with Gasteiger partial charge < -0.3 is 5.32 Å². The molecule has 1 aromatic rings. The van der Waals surface area contributed by atoms with E-state index >= 15 is 0 Å². The van der Waals surface area contributed by atoms with Crippen LogP contribution in [0.3, 0.4) is 0 Å². The summed E-state index contributed by atoms with van der Waals surface area (Å²) in [6.07, 6.45) is 6.74. The Kier molecular flexibility index (Phi) is 5.81. The smallest absolute Gasteiger partial charge is 0.00966 e. The van der Waals surface area contributed by atoms with Crippen molar-refractivity contribution in [1.29, 1.82) is 0 Å². The topological polar surface area (TPSA) is 12.0 Å². The highest BCUT2D eigenvalue weighted by Crippen LogP contribution is 2.17. The molecule has 0 saturated heterocycles. The minimum Gasteiger partial charge on any atom is -0.312 e. The van der Waals surface area contributed by atoms with Crippen LogP contribution in [-0.2, 0) is 6.42 Å². The van der Waals surface area contributed by atoms with Gasteiger partial charge in [-0.2, -0.15) is 0 Å². The third-order valence-corrected chi connectivity index (χ3v) is 3.30. The van der Waals surface area contributed by atoms with Gasteiger partial charge in [0.25, 0.3) is 0 Å². The summed E-state index contributed by atoms with van der Waals surface area (Å²) in [5, 5.41) is 3.50. The van der Waals surface area contributed by atoms with Crippen molar-refractivity contribution in [2.24, 2.45) is 0 Å². The minimum atomic E-state index is 0.220. The first kappa shape index (κ1) is 16.0. The third kappa shape index (κ3) is 6.07. The van der Waals surface area contributed by atoms with Crippen LogP contribution in [0.5, 0.6) is 0 Å². The predicted octanol–water partition coefficient (Wildman–Crippen LogP) is 4.49. The Morgan fingerprint density at radius 2 is 1.58 bits per heavy atom. The summed E-state index contributed by atoms with van der Waals surface area (Å²) >= 11 is 0. The van der Waals surface area contributed by atoms with Gasteiger partial charge in [0.2, 0.25) is 0 Å². The summed E-state index contributed by atoms with van der Waals surface area (Å²) in [5.74, 6) is 0. The molecule has 0 atom stereocenters.